The van der Waals surface area contributed by atoms with Crippen LogP contribution in [0.4, 0.5) is 0 Å². The largest absolute Gasteiger partial charge is 0.396 e. The van der Waals surface area contributed by atoms with Gasteiger partial charge in [-0.05, 0) is 12.8 Å². The number of terminal acetylenes is 1. The van der Waals surface area contributed by atoms with Crippen molar-refractivity contribution in [3.8, 4) is 12.3 Å². The van der Waals surface area contributed by atoms with Gasteiger partial charge in [0.1, 0.15) is 0 Å². The summed E-state index contributed by atoms with van der Waals surface area (Å²) in [5, 5.41) is 9.01. The Balaban J connectivity index is 2.74. The van der Waals surface area contributed by atoms with Crippen LogP contribution in [0.1, 0.15) is 26.7 Å². The minimum atomic E-state index is -0.0816. The lowest BCUT2D eigenvalue weighted by Crippen LogP contribution is -2.28. The molecule has 1 nitrogen and oxygen atoms in total. The van der Waals surface area contributed by atoms with Crippen molar-refractivity contribution in [3.63, 3.8) is 0 Å². The summed E-state index contributed by atoms with van der Waals surface area (Å²) in [4.78, 5) is 0. The summed E-state index contributed by atoms with van der Waals surface area (Å²) < 4.78 is 0. The molecule has 0 amide bonds. The van der Waals surface area contributed by atoms with Gasteiger partial charge in [0.25, 0.3) is 0 Å². The molecule has 1 aliphatic rings. The third-order valence-electron chi connectivity index (χ3n) is 2.72. The molecule has 0 unspecified atom stereocenters. The normalized spacial score (nSPS) is 21.8. The molecule has 56 valence electrons. The van der Waals surface area contributed by atoms with E-state index in [9.17, 15) is 0 Å². The third-order valence-corrected chi connectivity index (χ3v) is 2.72. The first-order valence-corrected chi connectivity index (χ1v) is 3.67. The average Bonchev–Trinajstić information content (AvgIpc) is 2.67. The van der Waals surface area contributed by atoms with Gasteiger partial charge in [-0.15, -0.1) is 6.42 Å². The third kappa shape index (κ3) is 0.839. The summed E-state index contributed by atoms with van der Waals surface area (Å²) in [5.41, 5.74) is -0.0660. The molecule has 1 N–H and O–H groups in total. The van der Waals surface area contributed by atoms with Crippen LogP contribution in [0, 0.1) is 23.2 Å². The van der Waals surface area contributed by atoms with Crippen molar-refractivity contribution in [2.75, 3.05) is 6.61 Å². The van der Waals surface area contributed by atoms with E-state index in [-0.39, 0.29) is 17.4 Å². The van der Waals surface area contributed by atoms with Crippen molar-refractivity contribution < 1.29 is 5.11 Å². The monoisotopic (exact) mass is 138 g/mol. The van der Waals surface area contributed by atoms with E-state index in [0.29, 0.717) is 0 Å². The number of rotatable bonds is 2. The lowest BCUT2D eigenvalue weighted by atomic mass is 9.77. The number of aliphatic hydroxyl groups is 1. The van der Waals surface area contributed by atoms with Crippen LogP contribution in [0.2, 0.25) is 0 Å². The van der Waals surface area contributed by atoms with Gasteiger partial charge in [0.2, 0.25) is 0 Å². The Kier molecular flexibility index (Phi) is 1.53. The molecule has 1 fully saturated rings. The minimum absolute atomic E-state index is 0.0156. The lowest BCUT2D eigenvalue weighted by molar-refractivity contribution is 0.110. The number of aliphatic hydroxyl groups excluding tert-OH is 1. The van der Waals surface area contributed by atoms with Crippen LogP contribution < -0.4 is 0 Å². The summed E-state index contributed by atoms with van der Waals surface area (Å²) in [5.74, 6) is 2.78. The van der Waals surface area contributed by atoms with Crippen LogP contribution in [-0.4, -0.2) is 11.7 Å². The molecule has 0 aromatic heterocycles. The Morgan fingerprint density at radius 2 is 2.10 bits per heavy atom. The zero-order valence-electron chi connectivity index (χ0n) is 6.65. The highest BCUT2D eigenvalue weighted by Gasteiger charge is 2.52. The Bertz CT molecular complexity index is 170. The van der Waals surface area contributed by atoms with E-state index in [4.69, 9.17) is 11.5 Å². The van der Waals surface area contributed by atoms with E-state index in [2.05, 4.69) is 5.92 Å². The van der Waals surface area contributed by atoms with Crippen molar-refractivity contribution in [1.29, 1.82) is 0 Å². The molecule has 0 bridgehead atoms. The van der Waals surface area contributed by atoms with E-state index >= 15 is 0 Å². The predicted molar refractivity (Wildman–Crippen MR) is 41.4 cm³/mol. The molecule has 0 aromatic carbocycles. The Morgan fingerprint density at radius 1 is 1.60 bits per heavy atom. The first-order valence-electron chi connectivity index (χ1n) is 3.67. The topological polar surface area (TPSA) is 20.2 Å². The Morgan fingerprint density at radius 3 is 2.20 bits per heavy atom. The van der Waals surface area contributed by atoms with Gasteiger partial charge in [0.05, 0.1) is 0 Å². The maximum Gasteiger partial charge on any atom is 0.0496 e. The smallest absolute Gasteiger partial charge is 0.0496 e. The standard InChI is InChI=1S/C9H14O/c1-4-9(5-6-9)8(2,3)7-10/h1,10H,5-7H2,2-3H3. The summed E-state index contributed by atoms with van der Waals surface area (Å²) in [6.07, 6.45) is 7.53. The fourth-order valence-electron chi connectivity index (χ4n) is 1.29. The summed E-state index contributed by atoms with van der Waals surface area (Å²) in [6, 6.07) is 0. The maximum absolute atomic E-state index is 9.01. The molecule has 0 aromatic rings. The second-order valence-electron chi connectivity index (χ2n) is 3.77. The summed E-state index contributed by atoms with van der Waals surface area (Å²) in [6.45, 7) is 4.25. The zero-order chi connectivity index (χ0) is 7.83. The van der Waals surface area contributed by atoms with Gasteiger partial charge in [-0.2, -0.15) is 0 Å². The van der Waals surface area contributed by atoms with Crippen LogP contribution in [0.5, 0.6) is 0 Å². The van der Waals surface area contributed by atoms with E-state index in [1.807, 2.05) is 13.8 Å². The molecule has 1 saturated carbocycles. The van der Waals surface area contributed by atoms with Crippen molar-refractivity contribution in [3.05, 3.63) is 0 Å². The molecule has 0 radical (unpaired) electrons. The quantitative estimate of drug-likeness (QED) is 0.572. The Labute approximate surface area is 62.4 Å². The van der Waals surface area contributed by atoms with Gasteiger partial charge in [-0.25, -0.2) is 0 Å². The molecule has 1 aliphatic carbocycles. The highest BCUT2D eigenvalue weighted by Crippen LogP contribution is 2.57. The van der Waals surface area contributed by atoms with Gasteiger partial charge in [0.15, 0.2) is 0 Å². The first-order chi connectivity index (χ1) is 4.58. The summed E-state index contributed by atoms with van der Waals surface area (Å²) in [7, 11) is 0. The van der Waals surface area contributed by atoms with Crippen LogP contribution in [-0.2, 0) is 0 Å². The van der Waals surface area contributed by atoms with Gasteiger partial charge >= 0.3 is 0 Å². The zero-order valence-corrected chi connectivity index (χ0v) is 6.65. The molecule has 1 rings (SSSR count). The molecular weight excluding hydrogens is 124 g/mol. The average molecular weight is 138 g/mol. The van der Waals surface area contributed by atoms with E-state index < -0.39 is 0 Å². The highest BCUT2D eigenvalue weighted by molar-refractivity contribution is 5.20. The fourth-order valence-corrected chi connectivity index (χ4v) is 1.29. The fraction of sp³-hybridized carbons (Fsp3) is 0.778. The molecule has 10 heavy (non-hydrogen) atoms. The van der Waals surface area contributed by atoms with Gasteiger partial charge < -0.3 is 5.11 Å². The first kappa shape index (κ1) is 7.63. The molecule has 0 spiro atoms. The predicted octanol–water partition coefficient (Wildman–Crippen LogP) is 1.42. The second-order valence-corrected chi connectivity index (χ2v) is 3.77. The minimum Gasteiger partial charge on any atom is -0.396 e. The SMILES string of the molecule is C#CC1(C(C)(C)CO)CC1. The molecular formula is C9H14O. The molecule has 0 aliphatic heterocycles. The van der Waals surface area contributed by atoms with Gasteiger partial charge in [-0.3, -0.25) is 0 Å². The van der Waals surface area contributed by atoms with Gasteiger partial charge in [0, 0.05) is 17.4 Å². The van der Waals surface area contributed by atoms with E-state index in [1.165, 1.54) is 0 Å². The van der Waals surface area contributed by atoms with Crippen LogP contribution >= 0.6 is 0 Å². The van der Waals surface area contributed by atoms with Crippen molar-refractivity contribution in [2.24, 2.45) is 10.8 Å². The number of hydrogen-bond acceptors (Lipinski definition) is 1. The van der Waals surface area contributed by atoms with Crippen molar-refractivity contribution in [2.45, 2.75) is 26.7 Å². The molecule has 0 saturated heterocycles. The summed E-state index contributed by atoms with van der Waals surface area (Å²) >= 11 is 0. The molecule has 0 heterocycles. The van der Waals surface area contributed by atoms with E-state index in [1.54, 1.807) is 0 Å². The van der Waals surface area contributed by atoms with Crippen LogP contribution in [0.25, 0.3) is 0 Å². The Hall–Kier alpha value is -0.480. The van der Waals surface area contributed by atoms with Crippen molar-refractivity contribution in [1.82, 2.24) is 0 Å². The molecule has 1 heteroatoms. The molecule has 0 atom stereocenters. The lowest BCUT2D eigenvalue weighted by Gasteiger charge is -2.28. The second kappa shape index (κ2) is 2.00. The van der Waals surface area contributed by atoms with Gasteiger partial charge in [-0.1, -0.05) is 19.8 Å². The van der Waals surface area contributed by atoms with Crippen molar-refractivity contribution >= 4 is 0 Å². The van der Waals surface area contributed by atoms with Crippen LogP contribution in [0.3, 0.4) is 0 Å². The highest BCUT2D eigenvalue weighted by atomic mass is 16.3. The van der Waals surface area contributed by atoms with Crippen LogP contribution in [0.15, 0.2) is 0 Å². The number of hydrogen-bond donors (Lipinski definition) is 1. The van der Waals surface area contributed by atoms with E-state index in [0.717, 1.165) is 12.8 Å². The maximum atomic E-state index is 9.01.